The molecule has 4 heteroatoms. The molecule has 3 rings (SSSR count). The number of hydrogen-bond donors (Lipinski definition) is 1. The van der Waals surface area contributed by atoms with Gasteiger partial charge in [0.05, 0.1) is 11.1 Å². The van der Waals surface area contributed by atoms with Gasteiger partial charge in [-0.15, -0.1) is 0 Å². The average Bonchev–Trinajstić information content (AvgIpc) is 2.76. The molecule has 1 aromatic carbocycles. The van der Waals surface area contributed by atoms with Gasteiger partial charge < -0.3 is 10.1 Å². The molecule has 1 heterocycles. The van der Waals surface area contributed by atoms with Crippen molar-refractivity contribution in [1.82, 2.24) is 5.32 Å². The van der Waals surface area contributed by atoms with Gasteiger partial charge in [0.15, 0.2) is 0 Å². The molecule has 1 N–H and O–H groups in total. The van der Waals surface area contributed by atoms with E-state index in [4.69, 9.17) is 11.6 Å². The highest BCUT2D eigenvalue weighted by molar-refractivity contribution is 6.30. The molecule has 0 radical (unpaired) electrons. The fraction of sp³-hybridized carbons (Fsp3) is 0.588. The van der Waals surface area contributed by atoms with Gasteiger partial charge in [0.2, 0.25) is 0 Å². The van der Waals surface area contributed by atoms with Crippen LogP contribution in [-0.2, 0) is 4.79 Å². The van der Waals surface area contributed by atoms with Crippen LogP contribution in [-0.4, -0.2) is 17.9 Å². The van der Waals surface area contributed by atoms with Crippen molar-refractivity contribution in [3.8, 4) is 0 Å². The van der Waals surface area contributed by atoms with Crippen LogP contribution in [0.5, 0.6) is 0 Å². The molecular weight excluding hydrogens is 289 g/mol. The van der Waals surface area contributed by atoms with Crippen molar-refractivity contribution in [2.24, 2.45) is 5.92 Å². The minimum atomic E-state index is -0.377. The molecule has 2 unspecified atom stereocenters. The van der Waals surface area contributed by atoms with Gasteiger partial charge >= 0.3 is 0 Å². The zero-order valence-corrected chi connectivity index (χ0v) is 13.0. The minimum Gasteiger partial charge on any atom is -0.302 e. The van der Waals surface area contributed by atoms with Crippen LogP contribution >= 0.6 is 11.6 Å². The lowest BCUT2D eigenvalue weighted by Gasteiger charge is -2.38. The second kappa shape index (κ2) is 5.69. The molecule has 1 spiro atoms. The number of rotatable bonds is 2. The maximum Gasteiger partial charge on any atom is 0.145 e. The molecule has 2 aliphatic rings. The van der Waals surface area contributed by atoms with E-state index in [2.05, 4.69) is 12.2 Å². The van der Waals surface area contributed by atoms with Crippen molar-refractivity contribution in [2.75, 3.05) is 0 Å². The van der Waals surface area contributed by atoms with Gasteiger partial charge in [-0.25, -0.2) is 4.39 Å². The van der Waals surface area contributed by atoms with E-state index < -0.39 is 0 Å². The first kappa shape index (κ1) is 15.0. The van der Waals surface area contributed by atoms with Crippen molar-refractivity contribution in [1.29, 1.82) is 0 Å². The van der Waals surface area contributed by atoms with E-state index in [0.717, 1.165) is 19.1 Å². The molecule has 2 nitrogen and oxygen atoms in total. The van der Waals surface area contributed by atoms with Crippen LogP contribution in [0.3, 0.4) is 0 Å². The Balaban J connectivity index is 2.00. The molecular formula is C17H21ClFNO. The third-order valence-electron chi connectivity index (χ3n) is 5.48. The summed E-state index contributed by atoms with van der Waals surface area (Å²) in [5, 5.41) is 3.66. The molecule has 3 atom stereocenters. The molecule has 0 bridgehead atoms. The first-order valence-electron chi connectivity index (χ1n) is 7.76. The number of carbonyl (C=O) groups is 1. The number of hydrogen-bond acceptors (Lipinski definition) is 2. The van der Waals surface area contributed by atoms with Crippen molar-refractivity contribution in [3.63, 3.8) is 0 Å². The molecule has 1 saturated heterocycles. The van der Waals surface area contributed by atoms with Gasteiger partial charge in [-0.3, -0.25) is 0 Å². The third kappa shape index (κ3) is 2.40. The van der Waals surface area contributed by atoms with E-state index >= 15 is 0 Å². The average molecular weight is 310 g/mol. The highest BCUT2D eigenvalue weighted by atomic mass is 35.5. The zero-order chi connectivity index (χ0) is 15.0. The van der Waals surface area contributed by atoms with Gasteiger partial charge in [-0.2, -0.15) is 0 Å². The largest absolute Gasteiger partial charge is 0.302 e. The van der Waals surface area contributed by atoms with Crippen molar-refractivity contribution >= 4 is 17.9 Å². The predicted molar refractivity (Wildman–Crippen MR) is 82.1 cm³/mol. The number of aldehydes is 1. The normalized spacial score (nSPS) is 31.5. The second-order valence-corrected chi connectivity index (χ2v) is 6.89. The van der Waals surface area contributed by atoms with Gasteiger partial charge in [-0.1, -0.05) is 49.9 Å². The Labute approximate surface area is 130 Å². The molecule has 1 aromatic rings. The Hall–Kier alpha value is -0.930. The van der Waals surface area contributed by atoms with Crippen molar-refractivity contribution in [3.05, 3.63) is 34.6 Å². The third-order valence-corrected chi connectivity index (χ3v) is 5.78. The van der Waals surface area contributed by atoms with Crippen LogP contribution in [0.4, 0.5) is 4.39 Å². The summed E-state index contributed by atoms with van der Waals surface area (Å²) in [6, 6.07) is 4.76. The van der Waals surface area contributed by atoms with Crippen LogP contribution in [0, 0.1) is 11.7 Å². The smallest absolute Gasteiger partial charge is 0.145 e. The van der Waals surface area contributed by atoms with Crippen LogP contribution in [0.25, 0.3) is 0 Å². The molecule has 1 saturated carbocycles. The summed E-state index contributed by atoms with van der Waals surface area (Å²) in [4.78, 5) is 11.5. The summed E-state index contributed by atoms with van der Waals surface area (Å²) in [6.07, 6.45) is 6.67. The predicted octanol–water partition coefficient (Wildman–Crippen LogP) is 4.07. The number of carbonyl (C=O) groups excluding carboxylic acids is 1. The van der Waals surface area contributed by atoms with E-state index in [0.29, 0.717) is 5.56 Å². The molecule has 0 amide bonds. The summed E-state index contributed by atoms with van der Waals surface area (Å²) in [5.41, 5.74) is 0.547. The SMILES string of the molecule is CC1C(c2cccc(Cl)c2F)[C@H](C=O)NC12CCCCC2. The van der Waals surface area contributed by atoms with Gasteiger partial charge in [-0.05, 0) is 30.4 Å². The van der Waals surface area contributed by atoms with Crippen molar-refractivity contribution < 1.29 is 9.18 Å². The molecule has 1 aliphatic heterocycles. The molecule has 21 heavy (non-hydrogen) atoms. The Bertz CT molecular complexity index is 542. The standard InChI is InChI=1S/C17H21ClFNO/c1-11-15(12-6-5-7-13(18)16(12)19)14(10-21)20-17(11)8-3-2-4-9-17/h5-7,10-11,14-15,20H,2-4,8-9H2,1H3/t11?,14-,15?/m0/s1. The number of halogens is 2. The lowest BCUT2D eigenvalue weighted by molar-refractivity contribution is -0.109. The van der Waals surface area contributed by atoms with Crippen LogP contribution in [0.1, 0.15) is 50.5 Å². The summed E-state index contributed by atoms with van der Waals surface area (Å²) in [5.74, 6) is -0.294. The quantitative estimate of drug-likeness (QED) is 0.834. The lowest BCUT2D eigenvalue weighted by Crippen LogP contribution is -2.47. The number of nitrogens with one attached hydrogen (secondary N) is 1. The van der Waals surface area contributed by atoms with E-state index in [1.807, 2.05) is 0 Å². The summed E-state index contributed by atoms with van der Waals surface area (Å²) in [7, 11) is 0. The fourth-order valence-electron chi connectivity index (χ4n) is 4.35. The van der Waals surface area contributed by atoms with E-state index in [1.165, 1.54) is 19.3 Å². The van der Waals surface area contributed by atoms with Gasteiger partial charge in [0.1, 0.15) is 12.1 Å². The Morgan fingerprint density at radius 1 is 1.33 bits per heavy atom. The summed E-state index contributed by atoms with van der Waals surface area (Å²) >= 11 is 5.92. The van der Waals surface area contributed by atoms with E-state index in [1.54, 1.807) is 18.2 Å². The van der Waals surface area contributed by atoms with E-state index in [9.17, 15) is 9.18 Å². The van der Waals surface area contributed by atoms with Gasteiger partial charge in [0.25, 0.3) is 0 Å². The Morgan fingerprint density at radius 2 is 2.05 bits per heavy atom. The molecule has 114 valence electrons. The first-order chi connectivity index (χ1) is 10.1. The van der Waals surface area contributed by atoms with Gasteiger partial charge in [0, 0.05) is 11.5 Å². The van der Waals surface area contributed by atoms with Crippen LogP contribution in [0.2, 0.25) is 5.02 Å². The second-order valence-electron chi connectivity index (χ2n) is 6.48. The fourth-order valence-corrected chi connectivity index (χ4v) is 4.53. The minimum absolute atomic E-state index is 0.0246. The molecule has 1 aliphatic carbocycles. The van der Waals surface area contributed by atoms with E-state index in [-0.39, 0.29) is 34.3 Å². The summed E-state index contributed by atoms with van der Waals surface area (Å²) < 4.78 is 14.4. The maximum atomic E-state index is 14.4. The van der Waals surface area contributed by atoms with Crippen molar-refractivity contribution in [2.45, 2.75) is 56.5 Å². The first-order valence-corrected chi connectivity index (χ1v) is 8.14. The zero-order valence-electron chi connectivity index (χ0n) is 12.2. The van der Waals surface area contributed by atoms with Crippen LogP contribution < -0.4 is 5.32 Å². The summed E-state index contributed by atoms with van der Waals surface area (Å²) in [6.45, 7) is 2.15. The highest BCUT2D eigenvalue weighted by Gasteiger charge is 2.51. The molecule has 0 aromatic heterocycles. The van der Waals surface area contributed by atoms with Crippen LogP contribution in [0.15, 0.2) is 18.2 Å². The molecule has 2 fully saturated rings. The Morgan fingerprint density at radius 3 is 2.71 bits per heavy atom. The highest BCUT2D eigenvalue weighted by Crippen LogP contribution is 2.48. The topological polar surface area (TPSA) is 29.1 Å². The lowest BCUT2D eigenvalue weighted by atomic mass is 9.70. The number of benzene rings is 1. The monoisotopic (exact) mass is 309 g/mol. The maximum absolute atomic E-state index is 14.4. The Kier molecular flexibility index (Phi) is 4.06.